The number of hydrogen-bond acceptors (Lipinski definition) is 8. The van der Waals surface area contributed by atoms with E-state index in [2.05, 4.69) is 22.6 Å². The second-order valence-corrected chi connectivity index (χ2v) is 8.39. The van der Waals surface area contributed by atoms with Crippen molar-refractivity contribution in [2.45, 2.75) is 6.42 Å². The average molecular weight is 490 g/mol. The van der Waals surface area contributed by atoms with E-state index in [9.17, 15) is 14.9 Å². The molecule has 2 aromatic heterocycles. The average Bonchev–Trinajstić information content (AvgIpc) is 3.50. The van der Waals surface area contributed by atoms with Crippen molar-refractivity contribution in [3.63, 3.8) is 0 Å². The predicted molar refractivity (Wildman–Crippen MR) is 131 cm³/mol. The van der Waals surface area contributed by atoms with Crippen molar-refractivity contribution in [2.24, 2.45) is 10.1 Å². The Morgan fingerprint density at radius 2 is 2.03 bits per heavy atom. The quantitative estimate of drug-likeness (QED) is 0.238. The smallest absolute Gasteiger partial charge is 0.433 e. The summed E-state index contributed by atoms with van der Waals surface area (Å²) in [5, 5.41) is 20.2. The van der Waals surface area contributed by atoms with Crippen molar-refractivity contribution >= 4 is 35.0 Å². The maximum Gasteiger partial charge on any atom is 0.433 e. The molecule has 0 saturated heterocycles. The number of amides is 1. The molecular weight excluding hydrogens is 470 g/mol. The third kappa shape index (κ3) is 5.04. The predicted octanol–water partition coefficient (Wildman–Crippen LogP) is 4.07. The van der Waals surface area contributed by atoms with Gasteiger partial charge in [0.05, 0.1) is 23.7 Å². The fourth-order valence-electron chi connectivity index (χ4n) is 3.51. The van der Waals surface area contributed by atoms with Gasteiger partial charge < -0.3 is 14.5 Å². The first kappa shape index (κ1) is 22.3. The summed E-state index contributed by atoms with van der Waals surface area (Å²) in [5.74, 6) is 0.249. The van der Waals surface area contributed by atoms with Gasteiger partial charge in [-0.3, -0.25) is 19.9 Å². The Labute approximate surface area is 203 Å². The highest BCUT2D eigenvalue weighted by molar-refractivity contribution is 7.07. The van der Waals surface area contributed by atoms with E-state index in [0.29, 0.717) is 22.8 Å². The SMILES string of the molecule is O=C1COc2ccc(-c3csc(=NCCc4ccccc4)n3N=Cc3ccc([N+](=O)[O-])o3)cc2N1. The minimum absolute atomic E-state index is 0.0190. The molecule has 1 aliphatic heterocycles. The first-order valence-corrected chi connectivity index (χ1v) is 11.6. The minimum atomic E-state index is -0.603. The number of nitro groups is 1. The summed E-state index contributed by atoms with van der Waals surface area (Å²) in [4.78, 5) is 27.4. The normalized spacial score (nSPS) is 13.5. The summed E-state index contributed by atoms with van der Waals surface area (Å²) in [7, 11) is 0. The molecule has 1 N–H and O–H groups in total. The molecule has 0 aliphatic carbocycles. The molecule has 10 nitrogen and oxygen atoms in total. The number of nitrogens with one attached hydrogen (secondary N) is 1. The van der Waals surface area contributed by atoms with Gasteiger partial charge in [0.1, 0.15) is 10.7 Å². The van der Waals surface area contributed by atoms with Gasteiger partial charge in [0, 0.05) is 17.5 Å². The van der Waals surface area contributed by atoms with E-state index in [1.165, 1.54) is 35.2 Å². The fraction of sp³-hybridized carbons (Fsp3) is 0.125. The van der Waals surface area contributed by atoms with Gasteiger partial charge in [-0.2, -0.15) is 5.10 Å². The lowest BCUT2D eigenvalue weighted by Crippen LogP contribution is -2.25. The molecule has 176 valence electrons. The van der Waals surface area contributed by atoms with Crippen molar-refractivity contribution in [3.05, 3.63) is 92.3 Å². The number of nitrogens with zero attached hydrogens (tertiary/aromatic N) is 4. The third-order valence-electron chi connectivity index (χ3n) is 5.18. The summed E-state index contributed by atoms with van der Waals surface area (Å²) in [6.07, 6.45) is 2.17. The van der Waals surface area contributed by atoms with Crippen LogP contribution >= 0.6 is 11.3 Å². The molecule has 1 amide bonds. The van der Waals surface area contributed by atoms with Gasteiger partial charge in [0.25, 0.3) is 5.91 Å². The van der Waals surface area contributed by atoms with Crippen LogP contribution in [0.15, 0.2) is 80.6 Å². The zero-order valence-electron chi connectivity index (χ0n) is 18.3. The van der Waals surface area contributed by atoms with Crippen molar-refractivity contribution in [2.75, 3.05) is 18.5 Å². The number of furan rings is 1. The summed E-state index contributed by atoms with van der Waals surface area (Å²) in [6.45, 7) is 0.536. The van der Waals surface area contributed by atoms with E-state index in [4.69, 9.17) is 14.1 Å². The Balaban J connectivity index is 1.50. The van der Waals surface area contributed by atoms with E-state index in [-0.39, 0.29) is 24.2 Å². The van der Waals surface area contributed by atoms with Gasteiger partial charge in [-0.15, -0.1) is 11.3 Å². The second kappa shape index (κ2) is 9.77. The molecule has 4 aromatic rings. The van der Waals surface area contributed by atoms with E-state index < -0.39 is 4.92 Å². The standard InChI is InChI=1S/C24H19N5O5S/c30-22-14-33-21-8-6-17(12-19(21)27-22)20-15-35-24(25-11-10-16-4-2-1-3-5-16)28(20)26-13-18-7-9-23(34-18)29(31)32/h1-9,12-13,15H,10-11,14H2,(H,27,30). The van der Waals surface area contributed by atoms with Crippen LogP contribution < -0.4 is 14.9 Å². The zero-order valence-corrected chi connectivity index (χ0v) is 19.1. The lowest BCUT2D eigenvalue weighted by molar-refractivity contribution is -0.402. The summed E-state index contributed by atoms with van der Waals surface area (Å²) in [5.41, 5.74) is 3.27. The maximum atomic E-state index is 11.8. The van der Waals surface area contributed by atoms with Gasteiger partial charge >= 0.3 is 5.88 Å². The lowest BCUT2D eigenvalue weighted by Gasteiger charge is -2.18. The Bertz CT molecular complexity index is 1490. The van der Waals surface area contributed by atoms with Crippen LogP contribution in [0.3, 0.4) is 0 Å². The number of aromatic nitrogens is 1. The molecule has 0 bridgehead atoms. The Morgan fingerprint density at radius 1 is 1.17 bits per heavy atom. The molecule has 2 aromatic carbocycles. The van der Waals surface area contributed by atoms with Crippen molar-refractivity contribution in [3.8, 4) is 17.0 Å². The van der Waals surface area contributed by atoms with E-state index in [1.54, 1.807) is 10.7 Å². The summed E-state index contributed by atoms with van der Waals surface area (Å²) < 4.78 is 12.3. The van der Waals surface area contributed by atoms with Gasteiger partial charge in [0.2, 0.25) is 4.80 Å². The summed E-state index contributed by atoms with van der Waals surface area (Å²) >= 11 is 1.41. The number of fused-ring (bicyclic) bond motifs is 1. The highest BCUT2D eigenvalue weighted by atomic mass is 32.1. The number of benzene rings is 2. The van der Waals surface area contributed by atoms with Crippen LogP contribution in [-0.2, 0) is 11.2 Å². The molecular formula is C24H19N5O5S. The topological polar surface area (TPSA) is 124 Å². The first-order valence-electron chi connectivity index (χ1n) is 10.7. The van der Waals surface area contributed by atoms with Crippen LogP contribution in [0.1, 0.15) is 11.3 Å². The number of thiazole rings is 1. The Kier molecular flexibility index (Phi) is 6.22. The molecule has 1 aliphatic rings. The molecule has 35 heavy (non-hydrogen) atoms. The fourth-order valence-corrected chi connectivity index (χ4v) is 4.37. The van der Waals surface area contributed by atoms with E-state index >= 15 is 0 Å². The number of carbonyl (C=O) groups excluding carboxylic acids is 1. The molecule has 0 atom stereocenters. The molecule has 0 radical (unpaired) electrons. The molecule has 0 saturated carbocycles. The molecule has 3 heterocycles. The summed E-state index contributed by atoms with van der Waals surface area (Å²) in [6, 6.07) is 18.3. The van der Waals surface area contributed by atoms with Gasteiger partial charge in [0.15, 0.2) is 12.4 Å². The van der Waals surface area contributed by atoms with E-state index in [1.807, 2.05) is 35.7 Å². The van der Waals surface area contributed by atoms with E-state index in [0.717, 1.165) is 17.7 Å². The third-order valence-corrected chi connectivity index (χ3v) is 6.03. The largest absolute Gasteiger partial charge is 0.482 e. The van der Waals surface area contributed by atoms with Crippen LogP contribution in [0, 0.1) is 10.1 Å². The van der Waals surface area contributed by atoms with Gasteiger partial charge in [-0.1, -0.05) is 30.3 Å². The van der Waals surface area contributed by atoms with Crippen molar-refractivity contribution in [1.29, 1.82) is 0 Å². The lowest BCUT2D eigenvalue weighted by atomic mass is 10.1. The molecule has 0 unspecified atom stereocenters. The number of hydrogen-bond donors (Lipinski definition) is 1. The minimum Gasteiger partial charge on any atom is -0.482 e. The Morgan fingerprint density at radius 3 is 2.83 bits per heavy atom. The van der Waals surface area contributed by atoms with Crippen LogP contribution in [-0.4, -0.2) is 34.9 Å². The highest BCUT2D eigenvalue weighted by Gasteiger charge is 2.18. The van der Waals surface area contributed by atoms with Crippen LogP contribution in [0.5, 0.6) is 5.75 Å². The first-order chi connectivity index (χ1) is 17.1. The Hall–Kier alpha value is -4.51. The molecule has 11 heteroatoms. The maximum absolute atomic E-state index is 11.8. The van der Waals surface area contributed by atoms with Gasteiger partial charge in [-0.25, -0.2) is 4.68 Å². The molecule has 0 spiro atoms. The number of ether oxygens (including phenoxy) is 1. The number of rotatable bonds is 7. The van der Waals surface area contributed by atoms with Crippen molar-refractivity contribution < 1.29 is 18.9 Å². The molecule has 5 rings (SSSR count). The van der Waals surface area contributed by atoms with Crippen LogP contribution in [0.25, 0.3) is 11.3 Å². The van der Waals surface area contributed by atoms with Crippen LogP contribution in [0.2, 0.25) is 0 Å². The zero-order chi connectivity index (χ0) is 24.2. The number of carbonyl (C=O) groups is 1. The number of anilines is 1. The van der Waals surface area contributed by atoms with Crippen molar-refractivity contribution in [1.82, 2.24) is 4.68 Å². The monoisotopic (exact) mass is 489 g/mol. The van der Waals surface area contributed by atoms with Crippen LogP contribution in [0.4, 0.5) is 11.6 Å². The molecule has 0 fully saturated rings. The second-order valence-electron chi connectivity index (χ2n) is 7.56. The van der Waals surface area contributed by atoms with Gasteiger partial charge in [-0.05, 0) is 36.2 Å². The highest BCUT2D eigenvalue weighted by Crippen LogP contribution is 2.33.